The van der Waals surface area contributed by atoms with E-state index in [1.807, 2.05) is 54.6 Å². The quantitative estimate of drug-likeness (QED) is 0.383. The van der Waals surface area contributed by atoms with E-state index >= 15 is 0 Å². The van der Waals surface area contributed by atoms with Crippen molar-refractivity contribution < 1.29 is 34.0 Å². The predicted molar refractivity (Wildman–Crippen MR) is 138 cm³/mol. The van der Waals surface area contributed by atoms with Crippen molar-refractivity contribution in [3.63, 3.8) is 0 Å². The molecule has 2 aliphatic heterocycles. The molecular formula is C29H25N3O7. The molecule has 10 nitrogen and oxygen atoms in total. The van der Waals surface area contributed by atoms with E-state index in [2.05, 4.69) is 10.2 Å². The van der Waals surface area contributed by atoms with Gasteiger partial charge in [-0.05, 0) is 48.2 Å². The van der Waals surface area contributed by atoms with Gasteiger partial charge in [0, 0.05) is 30.3 Å². The van der Waals surface area contributed by atoms with Crippen molar-refractivity contribution in [3.05, 3.63) is 90.1 Å². The van der Waals surface area contributed by atoms with E-state index in [0.29, 0.717) is 34.6 Å². The highest BCUT2D eigenvalue weighted by molar-refractivity contribution is 5.87. The molecule has 0 bridgehead atoms. The molecule has 198 valence electrons. The molecule has 3 unspecified atom stereocenters. The summed E-state index contributed by atoms with van der Waals surface area (Å²) in [7, 11) is 1.63. The van der Waals surface area contributed by atoms with E-state index in [9.17, 15) is 19.8 Å². The van der Waals surface area contributed by atoms with Crippen LogP contribution in [0.5, 0.6) is 5.75 Å². The Morgan fingerprint density at radius 3 is 2.38 bits per heavy atom. The summed E-state index contributed by atoms with van der Waals surface area (Å²) in [6.45, 7) is 0.278. The van der Waals surface area contributed by atoms with Gasteiger partial charge in [-0.15, -0.1) is 0 Å². The third-order valence-electron chi connectivity index (χ3n) is 7.10. The van der Waals surface area contributed by atoms with Crippen LogP contribution < -0.4 is 4.74 Å². The minimum atomic E-state index is -2.09. The third kappa shape index (κ3) is 4.38. The number of hydrogen-bond acceptors (Lipinski definition) is 10. The van der Waals surface area contributed by atoms with Crippen LogP contribution in [0.4, 0.5) is 0 Å². The van der Waals surface area contributed by atoms with E-state index < -0.39 is 36.2 Å². The highest BCUT2D eigenvalue weighted by Gasteiger charge is 2.55. The van der Waals surface area contributed by atoms with Crippen LogP contribution >= 0.6 is 0 Å². The summed E-state index contributed by atoms with van der Waals surface area (Å²) in [6.07, 6.45) is -2.71. The fourth-order valence-electron chi connectivity index (χ4n) is 5.01. The maximum Gasteiger partial charge on any atom is 0.349 e. The molecule has 1 aromatic heterocycles. The molecule has 3 atom stereocenters. The van der Waals surface area contributed by atoms with Crippen LogP contribution in [-0.2, 0) is 25.0 Å². The van der Waals surface area contributed by atoms with E-state index in [4.69, 9.17) is 14.2 Å². The van der Waals surface area contributed by atoms with Gasteiger partial charge < -0.3 is 24.4 Å². The summed E-state index contributed by atoms with van der Waals surface area (Å²) in [5.74, 6) is -3.81. The fraction of sp³-hybridized carbons (Fsp3) is 0.241. The van der Waals surface area contributed by atoms with E-state index in [0.717, 1.165) is 10.8 Å². The highest BCUT2D eigenvalue weighted by atomic mass is 16.8. The Labute approximate surface area is 223 Å². The first-order valence-electron chi connectivity index (χ1n) is 12.5. The smallest absolute Gasteiger partial charge is 0.349 e. The minimum absolute atomic E-state index is 0.278. The number of carbonyl (C=O) groups excluding carboxylic acids is 2. The van der Waals surface area contributed by atoms with Crippen molar-refractivity contribution in [2.45, 2.75) is 30.6 Å². The van der Waals surface area contributed by atoms with E-state index in [-0.39, 0.29) is 6.54 Å². The number of nitrogens with zero attached hydrogens (tertiary/aromatic N) is 3. The number of fused-ring (bicyclic) bond motifs is 3. The number of hydrogen-bond donors (Lipinski definition) is 2. The van der Waals surface area contributed by atoms with Crippen molar-refractivity contribution in [2.24, 2.45) is 0 Å². The molecule has 0 radical (unpaired) electrons. The number of ether oxygens (including phenoxy) is 3. The second-order valence-corrected chi connectivity index (χ2v) is 9.55. The Balaban J connectivity index is 1.50. The second kappa shape index (κ2) is 9.73. The van der Waals surface area contributed by atoms with Crippen LogP contribution in [-0.4, -0.2) is 63.0 Å². The number of aromatic nitrogens is 2. The lowest BCUT2D eigenvalue weighted by atomic mass is 9.95. The van der Waals surface area contributed by atoms with Crippen LogP contribution in [0, 0.1) is 0 Å². The largest absolute Gasteiger partial charge is 0.486 e. The number of carbonyl (C=O) groups is 2. The summed E-state index contributed by atoms with van der Waals surface area (Å²) in [4.78, 5) is 27.2. The molecule has 4 aromatic rings. The molecule has 1 saturated heterocycles. The zero-order valence-corrected chi connectivity index (χ0v) is 20.9. The van der Waals surface area contributed by atoms with Gasteiger partial charge in [0.15, 0.2) is 12.2 Å². The Morgan fingerprint density at radius 2 is 1.67 bits per heavy atom. The van der Waals surface area contributed by atoms with Gasteiger partial charge in [-0.25, -0.2) is 14.5 Å². The maximum absolute atomic E-state index is 12.8. The van der Waals surface area contributed by atoms with Gasteiger partial charge in [-0.2, -0.15) is 10.2 Å². The number of esters is 2. The standard InChI is InChI=1S/C29H25N3O7/c1-32-14-12-24(37-20-10-8-17-5-2-3-6-18(17)15-20)21-11-9-19(23-7-4-13-30-31-23)16-22(21)29(32)38-27(35)25(33)26(34)28(36)39-29/h2-11,13,15-16,24-26,33-34H,12,14H2,1H3. The van der Waals surface area contributed by atoms with Crippen molar-refractivity contribution in [1.82, 2.24) is 15.1 Å². The summed E-state index contributed by atoms with van der Waals surface area (Å²) >= 11 is 0. The second-order valence-electron chi connectivity index (χ2n) is 9.55. The monoisotopic (exact) mass is 527 g/mol. The van der Waals surface area contributed by atoms with Gasteiger partial charge in [0.1, 0.15) is 11.9 Å². The lowest BCUT2D eigenvalue weighted by Crippen LogP contribution is -2.50. The summed E-state index contributed by atoms with van der Waals surface area (Å²) in [5, 5.41) is 30.6. The lowest BCUT2D eigenvalue weighted by Gasteiger charge is -2.38. The third-order valence-corrected chi connectivity index (χ3v) is 7.10. The number of aliphatic hydroxyl groups is 2. The average Bonchev–Trinajstić information content (AvgIpc) is 3.12. The Kier molecular flexibility index (Phi) is 6.22. The van der Waals surface area contributed by atoms with Crippen molar-refractivity contribution in [3.8, 4) is 17.0 Å². The lowest BCUT2D eigenvalue weighted by molar-refractivity contribution is -0.288. The maximum atomic E-state index is 12.8. The van der Waals surface area contributed by atoms with Crippen LogP contribution in [0.15, 0.2) is 79.0 Å². The fourth-order valence-corrected chi connectivity index (χ4v) is 5.01. The molecule has 6 rings (SSSR count). The van der Waals surface area contributed by atoms with Crippen LogP contribution in [0.2, 0.25) is 0 Å². The van der Waals surface area contributed by atoms with Gasteiger partial charge in [-0.3, -0.25) is 0 Å². The molecule has 3 aromatic carbocycles. The van der Waals surface area contributed by atoms with Crippen molar-refractivity contribution >= 4 is 22.7 Å². The van der Waals surface area contributed by atoms with Crippen LogP contribution in [0.3, 0.4) is 0 Å². The average molecular weight is 528 g/mol. The molecular weight excluding hydrogens is 502 g/mol. The number of benzene rings is 3. The number of aliphatic hydroxyl groups excluding tert-OH is 2. The molecule has 0 saturated carbocycles. The van der Waals surface area contributed by atoms with Gasteiger partial charge in [0.05, 0.1) is 11.3 Å². The normalized spacial score (nSPS) is 25.4. The molecule has 0 amide bonds. The SMILES string of the molecule is CN1CCC(Oc2ccc3ccccc3c2)c2ccc(-c3cccnn3)cc2C12OC(=O)C(O)C(O)C(=O)O2. The molecule has 39 heavy (non-hydrogen) atoms. The number of rotatable bonds is 3. The topological polar surface area (TPSA) is 131 Å². The van der Waals surface area contributed by atoms with Gasteiger partial charge >= 0.3 is 17.8 Å². The first kappa shape index (κ1) is 24.9. The minimum Gasteiger partial charge on any atom is -0.486 e. The zero-order valence-electron chi connectivity index (χ0n) is 20.9. The molecule has 2 N–H and O–H groups in total. The molecule has 10 heteroatoms. The first-order chi connectivity index (χ1) is 18.9. The Hall–Kier alpha value is -4.38. The van der Waals surface area contributed by atoms with Gasteiger partial charge in [-0.1, -0.05) is 42.5 Å². The zero-order chi connectivity index (χ0) is 27.1. The van der Waals surface area contributed by atoms with Crippen LogP contribution in [0.1, 0.15) is 23.7 Å². The molecule has 1 fully saturated rings. The van der Waals surface area contributed by atoms with Crippen molar-refractivity contribution in [1.29, 1.82) is 0 Å². The van der Waals surface area contributed by atoms with Crippen LogP contribution in [0.25, 0.3) is 22.0 Å². The van der Waals surface area contributed by atoms with Gasteiger partial charge in [0.25, 0.3) is 0 Å². The van der Waals surface area contributed by atoms with Crippen molar-refractivity contribution in [2.75, 3.05) is 13.6 Å². The summed E-state index contributed by atoms with van der Waals surface area (Å²) in [6, 6.07) is 22.6. The molecule has 2 aliphatic rings. The Bertz CT molecular complexity index is 1540. The highest BCUT2D eigenvalue weighted by Crippen LogP contribution is 2.44. The molecule has 0 aliphatic carbocycles. The molecule has 1 spiro atoms. The van der Waals surface area contributed by atoms with E-state index in [1.54, 1.807) is 36.3 Å². The summed E-state index contributed by atoms with van der Waals surface area (Å²) < 4.78 is 17.9. The Morgan fingerprint density at radius 1 is 0.923 bits per heavy atom. The van der Waals surface area contributed by atoms with E-state index in [1.165, 1.54) is 0 Å². The molecule has 3 heterocycles. The first-order valence-corrected chi connectivity index (χ1v) is 12.5. The summed E-state index contributed by atoms with van der Waals surface area (Å²) in [5.41, 5.74) is 2.07. The van der Waals surface area contributed by atoms with Gasteiger partial charge in [0.2, 0.25) is 0 Å². The predicted octanol–water partition coefficient (Wildman–Crippen LogP) is 2.68.